The molecule has 0 fully saturated rings. The van der Waals surface area contributed by atoms with Crippen molar-refractivity contribution in [3.8, 4) is 0 Å². The maximum atomic E-state index is 9.63. The smallest absolute Gasteiger partial charge is 0.276 e. The molecule has 0 aliphatic rings. The van der Waals surface area contributed by atoms with Gasteiger partial charge in [0.15, 0.2) is 9.83 Å². The molecule has 10 heteroatoms. The maximum absolute atomic E-state index is 9.63. The van der Waals surface area contributed by atoms with Crippen molar-refractivity contribution < 1.29 is 53.2 Å². The second-order valence-electron chi connectivity index (χ2n) is 0.924. The van der Waals surface area contributed by atoms with Crippen molar-refractivity contribution in [3.05, 3.63) is 0 Å². The zero-order valence-corrected chi connectivity index (χ0v) is 10.9. The molecule has 0 aromatic carbocycles. The molecular weight excluding hydrogens is 305 g/mol. The third-order valence-corrected chi connectivity index (χ3v) is 4.64. The Balaban J connectivity index is 0. The maximum Gasteiger partial charge on any atom is 0.336 e. The average molecular weight is 307 g/mol. The van der Waals surface area contributed by atoms with Gasteiger partial charge in [-0.2, -0.15) is 16.8 Å². The average Bonchev–Trinajstić information content (AvgIpc) is 1.14. The zero-order valence-electron chi connectivity index (χ0n) is 4.46. The molecule has 0 saturated carbocycles. The summed E-state index contributed by atoms with van der Waals surface area (Å²) in [6, 6.07) is 0. The molecule has 6 nitrogen and oxygen atoms in total. The standard InChI is InChI=1S/Cd.H2O6S3/c;1-8(2,3)7-9(4,5)6/h;(H,1,2,3)(H,4,5,6). The Hall–Kier alpha value is 1.09. The molecule has 0 amide bonds. The van der Waals surface area contributed by atoms with Crippen LogP contribution in [0.4, 0.5) is 0 Å². The SMILES string of the molecule is O=S(=O)(O)SS(=O)(=O)O.[Cd]. The van der Waals surface area contributed by atoms with Crippen LogP contribution in [0.25, 0.3) is 0 Å². The molecule has 0 radical (unpaired) electrons. The molecule has 0 atom stereocenters. The first kappa shape index (κ1) is 13.7. The third kappa shape index (κ3) is 11.8. The fourth-order valence-corrected chi connectivity index (χ4v) is 2.93. The van der Waals surface area contributed by atoms with Crippen LogP contribution in [-0.2, 0) is 45.6 Å². The van der Waals surface area contributed by atoms with E-state index in [-0.39, 0.29) is 27.3 Å². The van der Waals surface area contributed by atoms with Crippen LogP contribution in [0.2, 0.25) is 0 Å². The molecule has 0 aliphatic carbocycles. The van der Waals surface area contributed by atoms with Crippen LogP contribution in [0.5, 0.6) is 0 Å². The Morgan fingerprint density at radius 2 is 1.10 bits per heavy atom. The van der Waals surface area contributed by atoms with Gasteiger partial charge >= 0.3 is 18.3 Å². The molecule has 0 aliphatic heterocycles. The Morgan fingerprint density at radius 1 is 0.900 bits per heavy atom. The molecule has 0 rings (SSSR count). The van der Waals surface area contributed by atoms with Gasteiger partial charge in [-0.1, -0.05) is 0 Å². The summed E-state index contributed by atoms with van der Waals surface area (Å²) >= 11 is 0. The summed E-state index contributed by atoms with van der Waals surface area (Å²) in [4.78, 5) is 0. The van der Waals surface area contributed by atoms with Crippen molar-refractivity contribution in [2.75, 3.05) is 0 Å². The van der Waals surface area contributed by atoms with Gasteiger partial charge in [0.05, 0.1) is 0 Å². The van der Waals surface area contributed by atoms with Crippen LogP contribution in [0.3, 0.4) is 0 Å². The van der Waals surface area contributed by atoms with E-state index < -0.39 is 28.1 Å². The van der Waals surface area contributed by atoms with Gasteiger partial charge in [0.25, 0.3) is 0 Å². The number of hydrogen-bond acceptors (Lipinski definition) is 5. The van der Waals surface area contributed by atoms with Crippen LogP contribution in [0.15, 0.2) is 0 Å². The molecule has 10 heavy (non-hydrogen) atoms. The van der Waals surface area contributed by atoms with Crippen LogP contribution in [0, 0.1) is 0 Å². The summed E-state index contributed by atoms with van der Waals surface area (Å²) in [5.74, 6) is 0. The summed E-state index contributed by atoms with van der Waals surface area (Å²) in [5, 5.41) is 0. The van der Waals surface area contributed by atoms with Crippen molar-refractivity contribution in [2.24, 2.45) is 0 Å². The Kier molecular flexibility index (Phi) is 5.74. The van der Waals surface area contributed by atoms with Gasteiger partial charge in [0, 0.05) is 27.3 Å². The largest absolute Gasteiger partial charge is 0.336 e. The van der Waals surface area contributed by atoms with E-state index in [1.54, 1.807) is 0 Å². The molecule has 0 unspecified atom stereocenters. The van der Waals surface area contributed by atoms with Gasteiger partial charge < -0.3 is 0 Å². The van der Waals surface area contributed by atoms with Gasteiger partial charge in [-0.25, -0.2) is 0 Å². The Labute approximate surface area is 80.8 Å². The summed E-state index contributed by atoms with van der Waals surface area (Å²) < 4.78 is 54.0. The second kappa shape index (κ2) is 4.20. The van der Waals surface area contributed by atoms with Crippen molar-refractivity contribution in [1.29, 1.82) is 0 Å². The van der Waals surface area contributed by atoms with Gasteiger partial charge in [0.2, 0.25) is 0 Å². The van der Waals surface area contributed by atoms with Crippen molar-refractivity contribution >= 4 is 28.1 Å². The van der Waals surface area contributed by atoms with E-state index in [2.05, 4.69) is 0 Å². The van der Waals surface area contributed by atoms with E-state index in [1.165, 1.54) is 0 Å². The predicted octanol–water partition coefficient (Wildman–Crippen LogP) is -0.677. The summed E-state index contributed by atoms with van der Waals surface area (Å²) in [5.41, 5.74) is 0. The molecule has 0 saturated heterocycles. The molecule has 0 aromatic rings. The van der Waals surface area contributed by atoms with Crippen molar-refractivity contribution in [3.63, 3.8) is 0 Å². The van der Waals surface area contributed by atoms with Crippen molar-refractivity contribution in [1.82, 2.24) is 0 Å². The van der Waals surface area contributed by atoms with E-state index in [0.29, 0.717) is 0 Å². The minimum absolute atomic E-state index is 0. The molecule has 0 aromatic heterocycles. The Morgan fingerprint density at radius 3 is 1.10 bits per heavy atom. The topological polar surface area (TPSA) is 109 Å². The number of hydrogen-bond donors (Lipinski definition) is 2. The van der Waals surface area contributed by atoms with E-state index in [9.17, 15) is 16.8 Å². The predicted molar refractivity (Wildman–Crippen MR) is 30.7 cm³/mol. The van der Waals surface area contributed by atoms with Crippen LogP contribution >= 0.6 is 9.83 Å². The first-order valence-electron chi connectivity index (χ1n) is 1.37. The molecular formula is H2CdO6S3. The quantitative estimate of drug-likeness (QED) is 0.395. The number of rotatable bonds is 2. The summed E-state index contributed by atoms with van der Waals surface area (Å²) in [6.45, 7) is 0. The fraction of sp³-hybridized carbons (Fsp3) is 0. The first-order valence-corrected chi connectivity index (χ1v) is 6.10. The molecule has 0 heterocycles. The van der Waals surface area contributed by atoms with Gasteiger partial charge in [-0.15, -0.1) is 0 Å². The van der Waals surface area contributed by atoms with Gasteiger partial charge in [-0.3, -0.25) is 9.11 Å². The normalized spacial score (nSPS) is 12.2. The monoisotopic (exact) mass is 308 g/mol. The van der Waals surface area contributed by atoms with E-state index in [4.69, 9.17) is 9.11 Å². The van der Waals surface area contributed by atoms with E-state index in [0.717, 1.165) is 0 Å². The Bertz CT molecular complexity index is 238. The van der Waals surface area contributed by atoms with Crippen LogP contribution < -0.4 is 0 Å². The summed E-state index contributed by atoms with van der Waals surface area (Å²) in [6.07, 6.45) is 0. The molecule has 0 spiro atoms. The fourth-order valence-electron chi connectivity index (χ4n) is 0.109. The molecule has 0 bridgehead atoms. The first-order chi connectivity index (χ1) is 3.71. The molecule has 58 valence electrons. The molecule has 2 N–H and O–H groups in total. The van der Waals surface area contributed by atoms with Crippen LogP contribution in [0.1, 0.15) is 0 Å². The second-order valence-corrected chi connectivity index (χ2v) is 6.93. The third-order valence-electron chi connectivity index (χ3n) is 0.172. The van der Waals surface area contributed by atoms with Crippen molar-refractivity contribution in [2.45, 2.75) is 0 Å². The van der Waals surface area contributed by atoms with E-state index >= 15 is 0 Å². The minimum Gasteiger partial charge on any atom is -0.276 e. The van der Waals surface area contributed by atoms with Crippen LogP contribution in [-0.4, -0.2) is 25.9 Å². The zero-order chi connectivity index (χ0) is 7.71. The van der Waals surface area contributed by atoms with Gasteiger partial charge in [-0.05, 0) is 0 Å². The van der Waals surface area contributed by atoms with E-state index in [1.807, 2.05) is 0 Å². The van der Waals surface area contributed by atoms with Gasteiger partial charge in [0.1, 0.15) is 0 Å². The summed E-state index contributed by atoms with van der Waals surface area (Å²) in [7, 11) is -10.3. The minimum atomic E-state index is -4.70.